The Morgan fingerprint density at radius 2 is 2.04 bits per heavy atom. The monoisotopic (exact) mass is 406 g/mol. The van der Waals surface area contributed by atoms with E-state index in [9.17, 15) is 14.0 Å². The summed E-state index contributed by atoms with van der Waals surface area (Å²) in [4.78, 5) is 27.6. The van der Waals surface area contributed by atoms with Gasteiger partial charge in [0.25, 0.3) is 5.91 Å². The van der Waals surface area contributed by atoms with Crippen molar-refractivity contribution >= 4 is 63.2 Å². The maximum Gasteiger partial charge on any atom is 0.266 e. The molecule has 2 heterocycles. The fraction of sp³-hybridized carbons (Fsp3) is 0.167. The Morgan fingerprint density at radius 3 is 2.73 bits per heavy atom. The number of benzene rings is 1. The van der Waals surface area contributed by atoms with Crippen LogP contribution in [0.3, 0.4) is 0 Å². The molecule has 0 aliphatic carbocycles. The number of thiocarbonyl (C=S) groups is 1. The number of rotatable bonds is 6. The number of amides is 2. The average Bonchev–Trinajstić information content (AvgIpc) is 3.21. The zero-order valence-corrected chi connectivity index (χ0v) is 16.1. The molecule has 2 aromatic rings. The predicted molar refractivity (Wildman–Crippen MR) is 108 cm³/mol. The van der Waals surface area contributed by atoms with Crippen LogP contribution in [-0.2, 0) is 9.59 Å². The molecule has 8 heteroatoms. The smallest absolute Gasteiger partial charge is 0.266 e. The highest BCUT2D eigenvalue weighted by atomic mass is 32.2. The van der Waals surface area contributed by atoms with E-state index < -0.39 is 0 Å². The van der Waals surface area contributed by atoms with Crippen LogP contribution in [0.1, 0.15) is 17.7 Å². The van der Waals surface area contributed by atoms with Crippen LogP contribution in [0.25, 0.3) is 6.08 Å². The van der Waals surface area contributed by atoms with Crippen LogP contribution in [0.5, 0.6) is 0 Å². The minimum absolute atomic E-state index is 0.118. The van der Waals surface area contributed by atoms with Gasteiger partial charge in [0.05, 0.1) is 4.91 Å². The van der Waals surface area contributed by atoms with Crippen molar-refractivity contribution in [3.05, 3.63) is 57.4 Å². The van der Waals surface area contributed by atoms with Crippen molar-refractivity contribution in [1.82, 2.24) is 4.90 Å². The first-order valence-electron chi connectivity index (χ1n) is 7.87. The van der Waals surface area contributed by atoms with E-state index in [1.54, 1.807) is 11.3 Å². The van der Waals surface area contributed by atoms with Crippen molar-refractivity contribution in [3.8, 4) is 0 Å². The number of carbonyl (C=O) groups excluding carboxylic acids is 2. The first kappa shape index (κ1) is 18.8. The molecule has 1 aromatic heterocycles. The number of thiophene rings is 1. The molecule has 0 unspecified atom stereocenters. The molecule has 1 aromatic carbocycles. The molecule has 3 rings (SSSR count). The molecule has 1 fully saturated rings. The summed E-state index contributed by atoms with van der Waals surface area (Å²) in [6, 6.07) is 9.45. The number of anilines is 1. The van der Waals surface area contributed by atoms with Gasteiger partial charge in [-0.05, 0) is 48.2 Å². The van der Waals surface area contributed by atoms with Crippen LogP contribution < -0.4 is 5.32 Å². The average molecular weight is 407 g/mol. The van der Waals surface area contributed by atoms with Crippen molar-refractivity contribution in [2.24, 2.45) is 0 Å². The minimum atomic E-state index is -0.354. The number of carbonyl (C=O) groups is 2. The zero-order valence-electron chi connectivity index (χ0n) is 13.6. The molecule has 0 atom stereocenters. The van der Waals surface area contributed by atoms with Crippen LogP contribution in [0.15, 0.2) is 46.7 Å². The molecule has 0 radical (unpaired) electrons. The topological polar surface area (TPSA) is 49.4 Å². The lowest BCUT2D eigenvalue weighted by Crippen LogP contribution is -2.29. The first-order valence-corrected chi connectivity index (χ1v) is 9.97. The Hall–Kier alpha value is -2.03. The lowest BCUT2D eigenvalue weighted by Gasteiger charge is -2.14. The Bertz CT molecular complexity index is 848. The van der Waals surface area contributed by atoms with Gasteiger partial charge in [-0.15, -0.1) is 11.3 Å². The summed E-state index contributed by atoms with van der Waals surface area (Å²) < 4.78 is 13.4. The molecule has 1 N–H and O–H groups in total. The van der Waals surface area contributed by atoms with Gasteiger partial charge in [-0.3, -0.25) is 14.5 Å². The van der Waals surface area contributed by atoms with Gasteiger partial charge in [-0.25, -0.2) is 4.39 Å². The summed E-state index contributed by atoms with van der Waals surface area (Å²) >= 11 is 8.12. The zero-order chi connectivity index (χ0) is 18.5. The number of thioether (sulfide) groups is 1. The van der Waals surface area contributed by atoms with Gasteiger partial charge >= 0.3 is 0 Å². The molecule has 0 spiro atoms. The highest BCUT2D eigenvalue weighted by Crippen LogP contribution is 2.33. The van der Waals surface area contributed by atoms with Crippen LogP contribution in [-0.4, -0.2) is 27.6 Å². The minimum Gasteiger partial charge on any atom is -0.326 e. The Kier molecular flexibility index (Phi) is 6.18. The van der Waals surface area contributed by atoms with Crippen LogP contribution in [0.4, 0.5) is 10.1 Å². The van der Waals surface area contributed by atoms with E-state index in [0.717, 1.165) is 4.88 Å². The molecule has 1 aliphatic heterocycles. The third kappa shape index (κ3) is 4.78. The van der Waals surface area contributed by atoms with E-state index >= 15 is 0 Å². The molecule has 1 aliphatic rings. The number of nitrogens with zero attached hydrogens (tertiary/aromatic N) is 1. The number of hydrogen-bond acceptors (Lipinski definition) is 5. The lowest BCUT2D eigenvalue weighted by atomic mass is 10.2. The van der Waals surface area contributed by atoms with Crippen molar-refractivity contribution in [3.63, 3.8) is 0 Å². The van der Waals surface area contributed by atoms with Gasteiger partial charge in [0.1, 0.15) is 10.1 Å². The largest absolute Gasteiger partial charge is 0.326 e. The summed E-state index contributed by atoms with van der Waals surface area (Å²) in [5.41, 5.74) is 0.542. The lowest BCUT2D eigenvalue weighted by molar-refractivity contribution is -0.122. The quantitative estimate of drug-likeness (QED) is 0.567. The molecule has 134 valence electrons. The second kappa shape index (κ2) is 8.57. The third-order valence-electron chi connectivity index (χ3n) is 3.60. The maximum atomic E-state index is 12.9. The second-order valence-electron chi connectivity index (χ2n) is 5.51. The summed E-state index contributed by atoms with van der Waals surface area (Å²) in [5.74, 6) is -0.656. The SMILES string of the molecule is O=C(CCCN1C(=O)/C(=C\c2cccs2)SC1=S)Nc1ccc(F)cc1. The molecular formula is C18H15FN2O2S3. The van der Waals surface area contributed by atoms with E-state index in [0.29, 0.717) is 27.9 Å². The summed E-state index contributed by atoms with van der Waals surface area (Å²) in [5, 5.41) is 4.65. The Morgan fingerprint density at radius 1 is 1.27 bits per heavy atom. The maximum absolute atomic E-state index is 12.9. The molecule has 4 nitrogen and oxygen atoms in total. The van der Waals surface area contributed by atoms with Crippen LogP contribution in [0.2, 0.25) is 0 Å². The summed E-state index contributed by atoms with van der Waals surface area (Å²) in [6.07, 6.45) is 2.58. The third-order valence-corrected chi connectivity index (χ3v) is 5.80. The van der Waals surface area contributed by atoms with E-state index in [4.69, 9.17) is 12.2 Å². The molecule has 0 saturated carbocycles. The molecule has 1 saturated heterocycles. The van der Waals surface area contributed by atoms with Crippen molar-refractivity contribution in [2.75, 3.05) is 11.9 Å². The van der Waals surface area contributed by atoms with Crippen LogP contribution in [0, 0.1) is 5.82 Å². The fourth-order valence-corrected chi connectivity index (χ4v) is 4.38. The second-order valence-corrected chi connectivity index (χ2v) is 8.16. The van der Waals surface area contributed by atoms with Gasteiger partial charge in [0.15, 0.2) is 0 Å². The van der Waals surface area contributed by atoms with E-state index in [1.807, 2.05) is 23.6 Å². The molecule has 26 heavy (non-hydrogen) atoms. The Balaban J connectivity index is 1.50. The van der Waals surface area contributed by atoms with Gasteiger partial charge in [-0.2, -0.15) is 0 Å². The highest BCUT2D eigenvalue weighted by Gasteiger charge is 2.31. The molecular weight excluding hydrogens is 391 g/mol. The van der Waals surface area contributed by atoms with Gasteiger partial charge in [0.2, 0.25) is 5.91 Å². The molecule has 2 amide bonds. The number of hydrogen-bond donors (Lipinski definition) is 1. The normalized spacial score (nSPS) is 15.7. The standard InChI is InChI=1S/C18H15FN2O2S3/c19-12-5-7-13(8-6-12)20-16(22)4-1-9-21-17(23)15(26-18(21)24)11-14-3-2-10-25-14/h2-3,5-8,10-11H,1,4,9H2,(H,20,22)/b15-11+. The predicted octanol–water partition coefficient (Wildman–Crippen LogP) is 4.51. The summed E-state index contributed by atoms with van der Waals surface area (Å²) in [6.45, 7) is 0.392. The highest BCUT2D eigenvalue weighted by molar-refractivity contribution is 8.26. The van der Waals surface area contributed by atoms with Gasteiger partial charge < -0.3 is 5.32 Å². The van der Waals surface area contributed by atoms with Crippen molar-refractivity contribution in [2.45, 2.75) is 12.8 Å². The van der Waals surface area contributed by atoms with Gasteiger partial charge in [-0.1, -0.05) is 30.0 Å². The number of nitrogens with one attached hydrogen (secondary N) is 1. The first-order chi connectivity index (χ1) is 12.5. The van der Waals surface area contributed by atoms with Crippen molar-refractivity contribution < 1.29 is 14.0 Å². The van der Waals surface area contributed by atoms with E-state index in [-0.39, 0.29) is 24.1 Å². The fourth-order valence-electron chi connectivity index (χ4n) is 2.35. The van der Waals surface area contributed by atoms with Crippen LogP contribution >= 0.6 is 35.3 Å². The van der Waals surface area contributed by atoms with Gasteiger partial charge in [0, 0.05) is 23.5 Å². The Labute approximate surface area is 164 Å². The number of halogens is 1. The van der Waals surface area contributed by atoms with E-state index in [1.165, 1.54) is 40.9 Å². The van der Waals surface area contributed by atoms with Crippen molar-refractivity contribution in [1.29, 1.82) is 0 Å². The van der Waals surface area contributed by atoms with E-state index in [2.05, 4.69) is 5.32 Å². The summed E-state index contributed by atoms with van der Waals surface area (Å²) in [7, 11) is 0. The molecule has 0 bridgehead atoms.